The van der Waals surface area contributed by atoms with Crippen molar-refractivity contribution < 1.29 is 9.84 Å². The van der Waals surface area contributed by atoms with E-state index in [-0.39, 0.29) is 36.0 Å². The van der Waals surface area contributed by atoms with Crippen molar-refractivity contribution in [1.82, 2.24) is 10.6 Å². The normalized spacial score (nSPS) is 22.0. The van der Waals surface area contributed by atoms with Gasteiger partial charge in [-0.1, -0.05) is 26.2 Å². The van der Waals surface area contributed by atoms with Crippen molar-refractivity contribution in [3.8, 4) is 0 Å². The molecule has 5 nitrogen and oxygen atoms in total. The molecule has 1 unspecified atom stereocenters. The molecule has 0 radical (unpaired) electrons. The lowest BCUT2D eigenvalue weighted by Crippen LogP contribution is -2.44. The Morgan fingerprint density at radius 2 is 2.10 bits per heavy atom. The predicted octanol–water partition coefficient (Wildman–Crippen LogP) is 2.14. The Morgan fingerprint density at radius 3 is 2.67 bits per heavy atom. The zero-order valence-electron chi connectivity index (χ0n) is 13.5. The molecule has 0 aromatic rings. The first kappa shape index (κ1) is 20.9. The van der Waals surface area contributed by atoms with Crippen molar-refractivity contribution in [3.05, 3.63) is 0 Å². The van der Waals surface area contributed by atoms with Crippen LogP contribution in [0.1, 0.15) is 45.4 Å². The summed E-state index contributed by atoms with van der Waals surface area (Å²) in [6, 6.07) is 0. The minimum atomic E-state index is 0. The number of nitrogens with zero attached hydrogens (tertiary/aromatic N) is 1. The summed E-state index contributed by atoms with van der Waals surface area (Å²) in [5.41, 5.74) is 0.0641. The third kappa shape index (κ3) is 8.21. The van der Waals surface area contributed by atoms with Crippen LogP contribution in [0, 0.1) is 5.41 Å². The van der Waals surface area contributed by atoms with E-state index in [4.69, 9.17) is 4.74 Å². The smallest absolute Gasteiger partial charge is 0.190 e. The number of rotatable bonds is 9. The molecule has 0 spiro atoms. The Hall–Kier alpha value is -0.0800. The van der Waals surface area contributed by atoms with E-state index in [0.717, 1.165) is 45.1 Å². The molecule has 21 heavy (non-hydrogen) atoms. The maximum Gasteiger partial charge on any atom is 0.190 e. The molecular weight excluding hydrogens is 381 g/mol. The molecule has 1 rings (SSSR count). The topological polar surface area (TPSA) is 65.9 Å². The van der Waals surface area contributed by atoms with E-state index >= 15 is 0 Å². The maximum absolute atomic E-state index is 9.21. The van der Waals surface area contributed by atoms with Gasteiger partial charge in [-0.2, -0.15) is 0 Å². The fraction of sp³-hybridized carbons (Fsp3) is 0.933. The summed E-state index contributed by atoms with van der Waals surface area (Å²) in [7, 11) is 1.80. The summed E-state index contributed by atoms with van der Waals surface area (Å²) in [6.07, 6.45) is 6.80. The van der Waals surface area contributed by atoms with E-state index in [9.17, 15) is 5.11 Å². The fourth-order valence-corrected chi connectivity index (χ4v) is 2.56. The van der Waals surface area contributed by atoms with Gasteiger partial charge in [0.2, 0.25) is 0 Å². The van der Waals surface area contributed by atoms with Gasteiger partial charge in [-0.25, -0.2) is 0 Å². The van der Waals surface area contributed by atoms with Crippen molar-refractivity contribution in [2.75, 3.05) is 40.0 Å². The maximum atomic E-state index is 9.21. The third-order valence-corrected chi connectivity index (χ3v) is 4.00. The number of aliphatic hydroxyl groups is 1. The van der Waals surface area contributed by atoms with Gasteiger partial charge in [0.15, 0.2) is 5.96 Å². The van der Waals surface area contributed by atoms with Crippen LogP contribution >= 0.6 is 24.0 Å². The van der Waals surface area contributed by atoms with Crippen LogP contribution in [0.3, 0.4) is 0 Å². The van der Waals surface area contributed by atoms with E-state index < -0.39 is 0 Å². The first-order valence-corrected chi connectivity index (χ1v) is 7.89. The molecule has 1 aliphatic rings. The molecule has 0 bridgehead atoms. The lowest BCUT2D eigenvalue weighted by Gasteiger charge is -2.27. The molecule has 0 aromatic heterocycles. The largest absolute Gasteiger partial charge is 0.396 e. The van der Waals surface area contributed by atoms with Crippen LogP contribution in [-0.2, 0) is 4.74 Å². The summed E-state index contributed by atoms with van der Waals surface area (Å²) in [5, 5.41) is 15.9. The highest BCUT2D eigenvalue weighted by Crippen LogP contribution is 2.31. The number of aliphatic hydroxyl groups excluding tert-OH is 1. The van der Waals surface area contributed by atoms with E-state index in [1.165, 1.54) is 25.7 Å². The molecule has 1 fully saturated rings. The summed E-state index contributed by atoms with van der Waals surface area (Å²) in [4.78, 5) is 4.25. The number of guanidine groups is 1. The molecule has 1 atom stereocenters. The predicted molar refractivity (Wildman–Crippen MR) is 98.5 cm³/mol. The van der Waals surface area contributed by atoms with Crippen molar-refractivity contribution in [2.24, 2.45) is 10.4 Å². The lowest BCUT2D eigenvalue weighted by molar-refractivity contribution is 0.127. The molecule has 126 valence electrons. The van der Waals surface area contributed by atoms with Gasteiger partial charge in [-0.05, 0) is 19.3 Å². The zero-order valence-corrected chi connectivity index (χ0v) is 15.8. The van der Waals surface area contributed by atoms with Gasteiger partial charge >= 0.3 is 0 Å². The number of nitrogens with one attached hydrogen (secondary N) is 2. The summed E-state index contributed by atoms with van der Waals surface area (Å²) >= 11 is 0. The van der Waals surface area contributed by atoms with Gasteiger partial charge in [0, 0.05) is 38.8 Å². The highest BCUT2D eigenvalue weighted by molar-refractivity contribution is 14.0. The van der Waals surface area contributed by atoms with Crippen LogP contribution < -0.4 is 10.6 Å². The van der Waals surface area contributed by atoms with Crippen LogP contribution in [0.4, 0.5) is 0 Å². The van der Waals surface area contributed by atoms with E-state index in [1.807, 2.05) is 0 Å². The Kier molecular flexibility index (Phi) is 12.4. The van der Waals surface area contributed by atoms with Crippen LogP contribution in [0.5, 0.6) is 0 Å². The summed E-state index contributed by atoms with van der Waals surface area (Å²) in [5.74, 6) is 0.853. The minimum absolute atomic E-state index is 0. The first-order chi connectivity index (χ1) is 9.76. The molecule has 1 aliphatic heterocycles. The summed E-state index contributed by atoms with van der Waals surface area (Å²) in [6.45, 7) is 5.73. The van der Waals surface area contributed by atoms with Crippen LogP contribution in [0.2, 0.25) is 0 Å². The van der Waals surface area contributed by atoms with Gasteiger partial charge < -0.3 is 20.5 Å². The van der Waals surface area contributed by atoms with Gasteiger partial charge in [-0.3, -0.25) is 4.99 Å². The van der Waals surface area contributed by atoms with Crippen molar-refractivity contribution in [3.63, 3.8) is 0 Å². The van der Waals surface area contributed by atoms with Gasteiger partial charge in [0.25, 0.3) is 0 Å². The minimum Gasteiger partial charge on any atom is -0.396 e. The number of ether oxygens (including phenoxy) is 1. The third-order valence-electron chi connectivity index (χ3n) is 4.00. The number of aliphatic imine (C=N–C) groups is 1. The Bertz CT molecular complexity index is 282. The Morgan fingerprint density at radius 1 is 1.29 bits per heavy atom. The van der Waals surface area contributed by atoms with Crippen LogP contribution in [0.25, 0.3) is 0 Å². The number of hydrogen-bond acceptors (Lipinski definition) is 3. The Balaban J connectivity index is 0.00000400. The average Bonchev–Trinajstić information content (AvgIpc) is 2.91. The van der Waals surface area contributed by atoms with E-state index in [2.05, 4.69) is 22.5 Å². The van der Waals surface area contributed by atoms with E-state index in [0.29, 0.717) is 0 Å². The van der Waals surface area contributed by atoms with Crippen molar-refractivity contribution in [1.29, 1.82) is 0 Å². The second-order valence-corrected chi connectivity index (χ2v) is 5.69. The molecule has 0 aromatic carbocycles. The van der Waals surface area contributed by atoms with Crippen LogP contribution in [0.15, 0.2) is 4.99 Å². The number of hydrogen-bond donors (Lipinski definition) is 3. The standard InChI is InChI=1S/C15H31N3O2.HI/c1-3-4-5-6-9-17-14(16-2)18-12-15(7-10-19)8-11-20-13-15;/h19H,3-13H2,1-2H3,(H2,16,17,18);1H. The highest BCUT2D eigenvalue weighted by atomic mass is 127. The van der Waals surface area contributed by atoms with Gasteiger partial charge in [0.05, 0.1) is 6.61 Å². The second-order valence-electron chi connectivity index (χ2n) is 5.69. The lowest BCUT2D eigenvalue weighted by atomic mass is 9.84. The van der Waals surface area contributed by atoms with Crippen LogP contribution in [-0.4, -0.2) is 51.0 Å². The SMILES string of the molecule is CCCCCCNC(=NC)NCC1(CCO)CCOC1.I. The molecular formula is C15H32IN3O2. The van der Waals surface area contributed by atoms with Gasteiger partial charge in [0.1, 0.15) is 0 Å². The molecule has 1 heterocycles. The quantitative estimate of drug-likeness (QED) is 0.235. The molecule has 0 saturated carbocycles. The number of halogens is 1. The molecule has 3 N–H and O–H groups in total. The first-order valence-electron chi connectivity index (χ1n) is 7.89. The summed E-state index contributed by atoms with van der Waals surface area (Å²) < 4.78 is 5.49. The zero-order chi connectivity index (χ0) is 14.7. The molecule has 1 saturated heterocycles. The van der Waals surface area contributed by atoms with Crippen molar-refractivity contribution >= 4 is 29.9 Å². The Labute approximate surface area is 146 Å². The molecule has 6 heteroatoms. The van der Waals surface area contributed by atoms with Crippen molar-refractivity contribution in [2.45, 2.75) is 45.4 Å². The fourth-order valence-electron chi connectivity index (χ4n) is 2.56. The monoisotopic (exact) mass is 413 g/mol. The van der Waals surface area contributed by atoms with E-state index in [1.54, 1.807) is 7.05 Å². The number of unbranched alkanes of at least 4 members (excludes halogenated alkanes) is 3. The highest BCUT2D eigenvalue weighted by Gasteiger charge is 2.34. The van der Waals surface area contributed by atoms with Gasteiger partial charge in [-0.15, -0.1) is 24.0 Å². The average molecular weight is 413 g/mol. The molecule has 0 aliphatic carbocycles. The molecule has 0 amide bonds. The second kappa shape index (κ2) is 12.5.